The number of hydrogen-bond donors (Lipinski definition) is 0. The summed E-state index contributed by atoms with van der Waals surface area (Å²) in [5.74, 6) is 0. The fraction of sp³-hybridized carbons (Fsp3) is 0.0667. The molecule has 0 aromatic heterocycles. The average molecular weight is 372 g/mol. The van der Waals surface area contributed by atoms with Gasteiger partial charge in [-0.3, -0.25) is 0 Å². The zero-order valence-electron chi connectivity index (χ0n) is 9.89. The third-order valence-electron chi connectivity index (χ3n) is 2.45. The fourth-order valence-corrected chi connectivity index (χ4v) is 1.55. The van der Waals surface area contributed by atoms with E-state index in [2.05, 4.69) is 38.1 Å². The van der Waals surface area contributed by atoms with Crippen molar-refractivity contribution >= 4 is 0 Å². The molecule has 0 heterocycles. The Balaban J connectivity index is 0.00000128. The Labute approximate surface area is 154 Å². The second-order valence-electron chi connectivity index (χ2n) is 3.81. The van der Waals surface area contributed by atoms with Crippen molar-refractivity contribution in [3.05, 3.63) is 84.6 Å². The predicted octanol–water partition coefficient (Wildman–Crippen LogP) is 3.64. The monoisotopic (exact) mass is 372 g/mol. The quantitative estimate of drug-likeness (QED) is 0.707. The van der Waals surface area contributed by atoms with Crippen molar-refractivity contribution in [1.29, 1.82) is 0 Å². The topological polar surface area (TPSA) is 0 Å². The predicted molar refractivity (Wildman–Crippen MR) is 64.6 cm³/mol. The van der Waals surface area contributed by atoms with Crippen LogP contribution in [0.15, 0.2) is 48.5 Å². The Morgan fingerprint density at radius 2 is 0.882 bits per heavy atom. The van der Waals surface area contributed by atoms with Crippen molar-refractivity contribution in [2.24, 2.45) is 0 Å². The van der Waals surface area contributed by atoms with Gasteiger partial charge < -0.3 is 0 Å². The molecule has 0 bridgehead atoms. The minimum absolute atomic E-state index is 0. The molecule has 2 heteroatoms. The van der Waals surface area contributed by atoms with E-state index in [9.17, 15) is 0 Å². The zero-order chi connectivity index (χ0) is 10.7. The molecule has 0 aliphatic rings. The van der Waals surface area contributed by atoms with Crippen molar-refractivity contribution in [2.75, 3.05) is 0 Å². The summed E-state index contributed by atoms with van der Waals surface area (Å²) in [6.45, 7) is 7.74. The molecule has 0 atom stereocenters. The molecule has 0 saturated carbocycles. The second kappa shape index (κ2) is 8.48. The molecular formula is C15H14Y2-2. The zero-order valence-corrected chi connectivity index (χ0v) is 15.6. The van der Waals surface area contributed by atoms with Gasteiger partial charge in [-0.05, 0) is 6.42 Å². The molecule has 2 radical (unpaired) electrons. The Morgan fingerprint density at radius 3 is 1.18 bits per heavy atom. The Bertz CT molecular complexity index is 386. The van der Waals surface area contributed by atoms with E-state index in [1.54, 1.807) is 0 Å². The van der Waals surface area contributed by atoms with Gasteiger partial charge in [-0.2, -0.15) is 49.2 Å². The van der Waals surface area contributed by atoms with Crippen LogP contribution in [0.2, 0.25) is 0 Å². The summed E-state index contributed by atoms with van der Waals surface area (Å²) in [4.78, 5) is 0. The summed E-state index contributed by atoms with van der Waals surface area (Å²) in [7, 11) is 0. The molecule has 0 spiro atoms. The Morgan fingerprint density at radius 1 is 0.588 bits per heavy atom. The molecule has 82 valence electrons. The third kappa shape index (κ3) is 5.70. The summed E-state index contributed by atoms with van der Waals surface area (Å²) < 4.78 is 0. The first-order valence-corrected chi connectivity index (χ1v) is 5.06. The number of hydrogen-bond acceptors (Lipinski definition) is 0. The van der Waals surface area contributed by atoms with Crippen LogP contribution < -0.4 is 0 Å². The van der Waals surface area contributed by atoms with Crippen LogP contribution in [0.1, 0.15) is 22.3 Å². The van der Waals surface area contributed by atoms with Crippen LogP contribution in [0.3, 0.4) is 0 Å². The molecule has 2 aromatic carbocycles. The molecule has 0 amide bonds. The number of benzene rings is 2. The molecule has 0 N–H and O–H groups in total. The van der Waals surface area contributed by atoms with Gasteiger partial charge in [-0.25, -0.2) is 0 Å². The summed E-state index contributed by atoms with van der Waals surface area (Å²) in [5, 5.41) is 0. The van der Waals surface area contributed by atoms with Gasteiger partial charge in [0.05, 0.1) is 0 Å². The molecule has 2 rings (SSSR count). The smallest absolute Gasteiger partial charge is 0 e. The molecule has 0 saturated heterocycles. The van der Waals surface area contributed by atoms with Gasteiger partial charge in [0.1, 0.15) is 0 Å². The molecule has 0 aliphatic carbocycles. The maximum Gasteiger partial charge on any atom is 0 e. The average Bonchev–Trinajstić information content (AvgIpc) is 2.25. The molecule has 0 unspecified atom stereocenters. The van der Waals surface area contributed by atoms with Crippen molar-refractivity contribution < 1.29 is 65.4 Å². The van der Waals surface area contributed by atoms with Gasteiger partial charge in [0.25, 0.3) is 0 Å². The van der Waals surface area contributed by atoms with Crippen molar-refractivity contribution in [2.45, 2.75) is 6.42 Å². The van der Waals surface area contributed by atoms with Crippen LogP contribution >= 0.6 is 0 Å². The van der Waals surface area contributed by atoms with Crippen LogP contribution in [0.5, 0.6) is 0 Å². The van der Waals surface area contributed by atoms with E-state index < -0.39 is 0 Å². The maximum atomic E-state index is 3.87. The summed E-state index contributed by atoms with van der Waals surface area (Å²) >= 11 is 0. The first-order valence-electron chi connectivity index (χ1n) is 5.06. The van der Waals surface area contributed by atoms with E-state index in [-0.39, 0.29) is 65.4 Å². The summed E-state index contributed by atoms with van der Waals surface area (Å²) in [6, 6.07) is 16.7. The minimum Gasteiger partial charge on any atom is -0.199 e. The molecular weight excluding hydrogens is 358 g/mol. The van der Waals surface area contributed by atoms with Crippen LogP contribution in [0.4, 0.5) is 0 Å². The maximum absolute atomic E-state index is 3.87. The van der Waals surface area contributed by atoms with Gasteiger partial charge in [-0.1, -0.05) is 11.1 Å². The SMILES string of the molecule is [CH2-]c1ccc(Cc2ccc([CH2-])cc2)cc1.[Y].[Y]. The van der Waals surface area contributed by atoms with E-state index in [1.165, 1.54) is 11.1 Å². The molecule has 17 heavy (non-hydrogen) atoms. The standard InChI is InChI=1S/C15H14.2Y/c1-12-3-7-14(8-4-12)11-15-9-5-13(2)6-10-15;;/h3-10H,1-2,11H2;;/q-2;;. The number of rotatable bonds is 2. The van der Waals surface area contributed by atoms with Crippen LogP contribution in [-0.4, -0.2) is 0 Å². The van der Waals surface area contributed by atoms with Gasteiger partial charge in [-0.15, -0.1) is 24.3 Å². The van der Waals surface area contributed by atoms with E-state index in [4.69, 9.17) is 0 Å². The van der Waals surface area contributed by atoms with Crippen molar-refractivity contribution in [3.8, 4) is 0 Å². The van der Waals surface area contributed by atoms with E-state index >= 15 is 0 Å². The van der Waals surface area contributed by atoms with Gasteiger partial charge in [0.2, 0.25) is 0 Å². The Kier molecular flexibility index (Phi) is 8.68. The van der Waals surface area contributed by atoms with Crippen molar-refractivity contribution in [3.63, 3.8) is 0 Å². The van der Waals surface area contributed by atoms with E-state index in [0.29, 0.717) is 0 Å². The largest absolute Gasteiger partial charge is 0.199 e. The van der Waals surface area contributed by atoms with Gasteiger partial charge >= 0.3 is 0 Å². The van der Waals surface area contributed by atoms with Crippen LogP contribution in [-0.2, 0) is 71.8 Å². The third-order valence-corrected chi connectivity index (χ3v) is 2.45. The van der Waals surface area contributed by atoms with Crippen LogP contribution in [0.25, 0.3) is 0 Å². The second-order valence-corrected chi connectivity index (χ2v) is 3.81. The van der Waals surface area contributed by atoms with Crippen LogP contribution in [0, 0.1) is 13.8 Å². The molecule has 0 nitrogen and oxygen atoms in total. The summed E-state index contributed by atoms with van der Waals surface area (Å²) in [5.41, 5.74) is 4.76. The normalized spacial score (nSPS) is 8.94. The molecule has 0 aliphatic heterocycles. The first-order chi connectivity index (χ1) is 7.24. The van der Waals surface area contributed by atoms with Gasteiger partial charge in [0, 0.05) is 65.4 Å². The fourth-order valence-electron chi connectivity index (χ4n) is 1.55. The minimum atomic E-state index is 0. The Hall–Kier alpha value is 0.388. The first kappa shape index (κ1) is 17.4. The van der Waals surface area contributed by atoms with E-state index in [1.807, 2.05) is 24.3 Å². The van der Waals surface area contributed by atoms with Crippen molar-refractivity contribution in [1.82, 2.24) is 0 Å². The van der Waals surface area contributed by atoms with E-state index in [0.717, 1.165) is 17.5 Å². The summed E-state index contributed by atoms with van der Waals surface area (Å²) in [6.07, 6.45) is 0.973. The molecule has 0 fully saturated rings. The molecule has 2 aromatic rings. The van der Waals surface area contributed by atoms with Gasteiger partial charge in [0.15, 0.2) is 0 Å².